The highest BCUT2D eigenvalue weighted by molar-refractivity contribution is 6.34. The minimum Gasteiger partial charge on any atom is -0.342 e. The topological polar surface area (TPSA) is 41.6 Å². The molecule has 2 aromatic heterocycles. The predicted molar refractivity (Wildman–Crippen MR) is 68.1 cm³/mol. The molecule has 0 spiro atoms. The first kappa shape index (κ1) is 10.3. The number of halogens is 1. The summed E-state index contributed by atoms with van der Waals surface area (Å²) < 4.78 is 0. The van der Waals surface area contributed by atoms with E-state index in [0.717, 1.165) is 23.3 Å². The van der Waals surface area contributed by atoms with Crippen molar-refractivity contribution in [2.45, 2.75) is 6.42 Å². The summed E-state index contributed by atoms with van der Waals surface area (Å²) >= 11 is 6.08. The summed E-state index contributed by atoms with van der Waals surface area (Å²) in [4.78, 5) is 11.8. The predicted octanol–water partition coefficient (Wildman–Crippen LogP) is 3.20. The number of pyridine rings is 1. The van der Waals surface area contributed by atoms with Crippen molar-refractivity contribution >= 4 is 22.6 Å². The van der Waals surface area contributed by atoms with Crippen molar-refractivity contribution in [2.75, 3.05) is 0 Å². The van der Waals surface area contributed by atoms with Gasteiger partial charge < -0.3 is 4.98 Å². The highest BCUT2D eigenvalue weighted by atomic mass is 35.5. The van der Waals surface area contributed by atoms with Crippen molar-refractivity contribution in [3.8, 4) is 0 Å². The van der Waals surface area contributed by atoms with Crippen molar-refractivity contribution in [3.63, 3.8) is 0 Å². The molecule has 1 aromatic carbocycles. The highest BCUT2D eigenvalue weighted by Crippen LogP contribution is 2.21. The lowest BCUT2D eigenvalue weighted by atomic mass is 10.2. The molecule has 3 rings (SSSR count). The van der Waals surface area contributed by atoms with E-state index in [1.807, 2.05) is 30.3 Å². The van der Waals surface area contributed by atoms with Crippen LogP contribution in [0.1, 0.15) is 11.4 Å². The van der Waals surface area contributed by atoms with Crippen LogP contribution < -0.4 is 0 Å². The third-order valence-electron chi connectivity index (χ3n) is 2.63. The molecule has 0 saturated carbocycles. The lowest BCUT2D eigenvalue weighted by Crippen LogP contribution is -1.90. The van der Waals surface area contributed by atoms with Crippen LogP contribution in [0.25, 0.3) is 11.0 Å². The van der Waals surface area contributed by atoms with Gasteiger partial charge in [-0.15, -0.1) is 0 Å². The Morgan fingerprint density at radius 3 is 2.71 bits per heavy atom. The third kappa shape index (κ3) is 2.01. The number of aromatic amines is 1. The Morgan fingerprint density at radius 1 is 1.12 bits per heavy atom. The number of fused-ring (bicyclic) bond motifs is 1. The van der Waals surface area contributed by atoms with Crippen LogP contribution in [0, 0.1) is 0 Å². The fourth-order valence-corrected chi connectivity index (χ4v) is 2.04. The molecule has 3 nitrogen and oxygen atoms in total. The van der Waals surface area contributed by atoms with E-state index in [1.54, 1.807) is 12.4 Å². The van der Waals surface area contributed by atoms with Crippen molar-refractivity contribution in [1.29, 1.82) is 0 Å². The van der Waals surface area contributed by atoms with E-state index in [9.17, 15) is 0 Å². The van der Waals surface area contributed by atoms with E-state index in [-0.39, 0.29) is 0 Å². The summed E-state index contributed by atoms with van der Waals surface area (Å²) in [6.07, 6.45) is 4.32. The van der Waals surface area contributed by atoms with Gasteiger partial charge in [-0.05, 0) is 29.8 Å². The zero-order valence-corrected chi connectivity index (χ0v) is 9.78. The molecule has 0 aliphatic rings. The SMILES string of the molecule is Clc1cccc2[nH]c(Cc3ccncc3)nc12. The number of rotatable bonds is 2. The fraction of sp³-hybridized carbons (Fsp3) is 0.0769. The molecule has 4 heteroatoms. The maximum Gasteiger partial charge on any atom is 0.111 e. The maximum absolute atomic E-state index is 6.08. The number of hydrogen-bond acceptors (Lipinski definition) is 2. The Kier molecular flexibility index (Phi) is 2.53. The molecule has 0 unspecified atom stereocenters. The first-order valence-electron chi connectivity index (χ1n) is 5.35. The maximum atomic E-state index is 6.08. The van der Waals surface area contributed by atoms with Gasteiger partial charge in [0.2, 0.25) is 0 Å². The largest absolute Gasteiger partial charge is 0.342 e. The molecule has 0 aliphatic heterocycles. The van der Waals surface area contributed by atoms with Gasteiger partial charge in [0.15, 0.2) is 0 Å². The molecule has 0 radical (unpaired) electrons. The van der Waals surface area contributed by atoms with Crippen LogP contribution >= 0.6 is 11.6 Å². The summed E-state index contributed by atoms with van der Waals surface area (Å²) in [5.41, 5.74) is 2.98. The van der Waals surface area contributed by atoms with Crippen molar-refractivity contribution in [1.82, 2.24) is 15.0 Å². The number of nitrogens with zero attached hydrogens (tertiary/aromatic N) is 2. The number of benzene rings is 1. The van der Waals surface area contributed by atoms with Crippen LogP contribution in [0.15, 0.2) is 42.7 Å². The quantitative estimate of drug-likeness (QED) is 0.751. The van der Waals surface area contributed by atoms with Crippen LogP contribution in [0.2, 0.25) is 5.02 Å². The average Bonchev–Trinajstić information content (AvgIpc) is 2.74. The molecular formula is C13H10ClN3. The van der Waals surface area contributed by atoms with Crippen LogP contribution in [-0.4, -0.2) is 15.0 Å². The molecule has 2 heterocycles. The Morgan fingerprint density at radius 2 is 1.94 bits per heavy atom. The number of para-hydroxylation sites is 1. The number of nitrogens with one attached hydrogen (secondary N) is 1. The molecule has 0 saturated heterocycles. The Labute approximate surface area is 103 Å². The summed E-state index contributed by atoms with van der Waals surface area (Å²) in [6, 6.07) is 9.70. The van der Waals surface area contributed by atoms with E-state index >= 15 is 0 Å². The van der Waals surface area contributed by atoms with E-state index in [0.29, 0.717) is 5.02 Å². The second-order valence-corrected chi connectivity index (χ2v) is 4.26. The lowest BCUT2D eigenvalue weighted by molar-refractivity contribution is 1.03. The zero-order chi connectivity index (χ0) is 11.7. The van der Waals surface area contributed by atoms with Crippen LogP contribution in [-0.2, 0) is 6.42 Å². The van der Waals surface area contributed by atoms with Crippen LogP contribution in [0.5, 0.6) is 0 Å². The first-order chi connectivity index (χ1) is 8.33. The first-order valence-corrected chi connectivity index (χ1v) is 5.73. The average molecular weight is 244 g/mol. The van der Waals surface area contributed by atoms with Gasteiger partial charge in [-0.1, -0.05) is 17.7 Å². The Bertz CT molecular complexity index is 646. The number of hydrogen-bond donors (Lipinski definition) is 1. The van der Waals surface area contributed by atoms with Gasteiger partial charge in [-0.25, -0.2) is 4.98 Å². The number of H-pyrrole nitrogens is 1. The second kappa shape index (κ2) is 4.18. The van der Waals surface area contributed by atoms with Gasteiger partial charge in [0.1, 0.15) is 11.3 Å². The van der Waals surface area contributed by atoms with Gasteiger partial charge in [-0.3, -0.25) is 4.98 Å². The molecule has 0 fully saturated rings. The van der Waals surface area contributed by atoms with E-state index in [1.165, 1.54) is 5.56 Å². The van der Waals surface area contributed by atoms with Gasteiger partial charge in [0.05, 0.1) is 10.5 Å². The van der Waals surface area contributed by atoms with Gasteiger partial charge in [0, 0.05) is 18.8 Å². The van der Waals surface area contributed by atoms with Crippen molar-refractivity contribution in [3.05, 3.63) is 59.1 Å². The number of aromatic nitrogens is 3. The molecule has 17 heavy (non-hydrogen) atoms. The Hall–Kier alpha value is -1.87. The molecule has 0 bridgehead atoms. The Balaban J connectivity index is 1.99. The van der Waals surface area contributed by atoms with E-state index in [4.69, 9.17) is 11.6 Å². The minimum absolute atomic E-state index is 0.680. The van der Waals surface area contributed by atoms with Crippen molar-refractivity contribution < 1.29 is 0 Å². The fourth-order valence-electron chi connectivity index (χ4n) is 1.83. The van der Waals surface area contributed by atoms with Gasteiger partial charge >= 0.3 is 0 Å². The molecule has 0 aliphatic carbocycles. The number of imidazole rings is 1. The normalized spacial score (nSPS) is 10.9. The van der Waals surface area contributed by atoms with Crippen LogP contribution in [0.4, 0.5) is 0 Å². The molecule has 1 N–H and O–H groups in total. The molecule has 3 aromatic rings. The lowest BCUT2D eigenvalue weighted by Gasteiger charge is -1.95. The minimum atomic E-state index is 0.680. The van der Waals surface area contributed by atoms with Gasteiger partial charge in [0.25, 0.3) is 0 Å². The second-order valence-electron chi connectivity index (χ2n) is 3.85. The summed E-state index contributed by atoms with van der Waals surface area (Å²) in [5, 5.41) is 0.680. The zero-order valence-electron chi connectivity index (χ0n) is 9.02. The molecule has 0 amide bonds. The molecule has 84 valence electrons. The van der Waals surface area contributed by atoms with E-state index in [2.05, 4.69) is 15.0 Å². The van der Waals surface area contributed by atoms with Crippen LogP contribution in [0.3, 0.4) is 0 Å². The third-order valence-corrected chi connectivity index (χ3v) is 2.94. The summed E-state index contributed by atoms with van der Waals surface area (Å²) in [6.45, 7) is 0. The van der Waals surface area contributed by atoms with E-state index < -0.39 is 0 Å². The summed E-state index contributed by atoms with van der Waals surface area (Å²) in [7, 11) is 0. The van der Waals surface area contributed by atoms with Gasteiger partial charge in [-0.2, -0.15) is 0 Å². The standard InChI is InChI=1S/C13H10ClN3/c14-10-2-1-3-11-13(10)17-12(16-11)8-9-4-6-15-7-5-9/h1-7H,8H2,(H,16,17). The van der Waals surface area contributed by atoms with Crippen molar-refractivity contribution in [2.24, 2.45) is 0 Å². The monoisotopic (exact) mass is 243 g/mol. The molecular weight excluding hydrogens is 234 g/mol. The highest BCUT2D eigenvalue weighted by Gasteiger charge is 2.06. The summed E-state index contributed by atoms with van der Waals surface area (Å²) in [5.74, 6) is 0.916. The molecule has 0 atom stereocenters. The smallest absolute Gasteiger partial charge is 0.111 e.